The van der Waals surface area contributed by atoms with Crippen LogP contribution >= 0.6 is 0 Å². The van der Waals surface area contributed by atoms with Gasteiger partial charge in [0, 0.05) is 32.6 Å². The van der Waals surface area contributed by atoms with Crippen molar-refractivity contribution < 1.29 is 4.79 Å². The lowest BCUT2D eigenvalue weighted by molar-refractivity contribution is -0.126. The van der Waals surface area contributed by atoms with Gasteiger partial charge in [0.2, 0.25) is 5.91 Å². The summed E-state index contributed by atoms with van der Waals surface area (Å²) in [6, 6.07) is 0.341. The summed E-state index contributed by atoms with van der Waals surface area (Å²) in [5.74, 6) is 0.245. The molecule has 1 aliphatic heterocycles. The molecule has 0 bridgehead atoms. The molecule has 1 heterocycles. The number of carbonyl (C=O) groups excluding carboxylic acids is 1. The molecule has 1 atom stereocenters. The summed E-state index contributed by atoms with van der Waals surface area (Å²) in [4.78, 5) is 12.9. The molecule has 0 aliphatic carbocycles. The average molecular weight is 182 g/mol. The second-order valence-electron chi connectivity index (χ2n) is 3.87. The standard InChI is InChI=1S/C10H18N2O/c1-8(2)4-5-11-9-6-10(13)12(3)7-9/h4,9,11H,5-7H2,1-3H3. The molecule has 1 aliphatic rings. The van der Waals surface area contributed by atoms with E-state index in [1.165, 1.54) is 5.57 Å². The summed E-state index contributed by atoms with van der Waals surface area (Å²) in [6.07, 6.45) is 2.79. The van der Waals surface area contributed by atoms with E-state index in [-0.39, 0.29) is 5.91 Å². The van der Waals surface area contributed by atoms with Crippen molar-refractivity contribution >= 4 is 5.91 Å². The Hall–Kier alpha value is -0.830. The molecule has 0 aromatic carbocycles. The van der Waals surface area contributed by atoms with E-state index in [2.05, 4.69) is 25.2 Å². The van der Waals surface area contributed by atoms with Crippen molar-refractivity contribution in [1.29, 1.82) is 0 Å². The third-order valence-corrected chi connectivity index (χ3v) is 2.26. The Bertz CT molecular complexity index is 219. The normalized spacial score (nSPS) is 22.2. The summed E-state index contributed by atoms with van der Waals surface area (Å²) >= 11 is 0. The fourth-order valence-electron chi connectivity index (χ4n) is 1.43. The third kappa shape index (κ3) is 3.19. The molecular weight excluding hydrogens is 164 g/mol. The molecule has 13 heavy (non-hydrogen) atoms. The summed E-state index contributed by atoms with van der Waals surface area (Å²) in [5.41, 5.74) is 1.31. The van der Waals surface area contributed by atoms with Crippen molar-refractivity contribution in [1.82, 2.24) is 10.2 Å². The number of amides is 1. The Morgan fingerprint density at radius 2 is 2.38 bits per heavy atom. The fraction of sp³-hybridized carbons (Fsp3) is 0.700. The number of rotatable bonds is 3. The van der Waals surface area contributed by atoms with Crippen LogP contribution in [0, 0.1) is 0 Å². The molecule has 0 aromatic heterocycles. The molecule has 74 valence electrons. The maximum Gasteiger partial charge on any atom is 0.224 e. The van der Waals surface area contributed by atoms with Crippen LogP contribution in [0.1, 0.15) is 20.3 Å². The van der Waals surface area contributed by atoms with Gasteiger partial charge in [-0.15, -0.1) is 0 Å². The Morgan fingerprint density at radius 1 is 1.69 bits per heavy atom. The van der Waals surface area contributed by atoms with E-state index in [0.717, 1.165) is 13.1 Å². The van der Waals surface area contributed by atoms with Crippen molar-refractivity contribution in [2.24, 2.45) is 0 Å². The largest absolute Gasteiger partial charge is 0.344 e. The van der Waals surface area contributed by atoms with Crippen LogP contribution in [-0.4, -0.2) is 37.0 Å². The highest BCUT2D eigenvalue weighted by Gasteiger charge is 2.25. The zero-order chi connectivity index (χ0) is 9.84. The van der Waals surface area contributed by atoms with E-state index in [1.54, 1.807) is 4.90 Å². The van der Waals surface area contributed by atoms with Gasteiger partial charge in [-0.1, -0.05) is 11.6 Å². The van der Waals surface area contributed by atoms with Crippen LogP contribution in [0.15, 0.2) is 11.6 Å². The predicted molar refractivity (Wildman–Crippen MR) is 53.5 cm³/mol. The van der Waals surface area contributed by atoms with Gasteiger partial charge in [0.15, 0.2) is 0 Å². The number of hydrogen-bond acceptors (Lipinski definition) is 2. The van der Waals surface area contributed by atoms with E-state index in [4.69, 9.17) is 0 Å². The number of allylic oxidation sites excluding steroid dienone is 1. The van der Waals surface area contributed by atoms with E-state index in [1.807, 2.05) is 7.05 Å². The number of hydrogen-bond donors (Lipinski definition) is 1. The number of nitrogens with one attached hydrogen (secondary N) is 1. The molecule has 0 aromatic rings. The summed E-state index contributed by atoms with van der Waals surface area (Å²) in [7, 11) is 1.85. The van der Waals surface area contributed by atoms with Gasteiger partial charge in [-0.3, -0.25) is 4.79 Å². The molecule has 1 N–H and O–H groups in total. The van der Waals surface area contributed by atoms with Crippen molar-refractivity contribution in [3.8, 4) is 0 Å². The molecule has 3 nitrogen and oxygen atoms in total. The van der Waals surface area contributed by atoms with Gasteiger partial charge in [0.25, 0.3) is 0 Å². The van der Waals surface area contributed by atoms with E-state index in [0.29, 0.717) is 12.5 Å². The molecule has 0 saturated carbocycles. The maximum absolute atomic E-state index is 11.2. The third-order valence-electron chi connectivity index (χ3n) is 2.26. The van der Waals surface area contributed by atoms with Crippen LogP contribution in [-0.2, 0) is 4.79 Å². The molecular formula is C10H18N2O. The number of nitrogens with zero attached hydrogens (tertiary/aromatic N) is 1. The van der Waals surface area contributed by atoms with E-state index >= 15 is 0 Å². The van der Waals surface area contributed by atoms with Crippen LogP contribution in [0.4, 0.5) is 0 Å². The first kappa shape index (κ1) is 10.3. The molecule has 1 unspecified atom stereocenters. The Balaban J connectivity index is 2.25. The van der Waals surface area contributed by atoms with Crippen molar-refractivity contribution in [3.63, 3.8) is 0 Å². The summed E-state index contributed by atoms with van der Waals surface area (Å²) < 4.78 is 0. The first-order valence-electron chi connectivity index (χ1n) is 4.70. The first-order chi connectivity index (χ1) is 6.09. The minimum absolute atomic E-state index is 0.245. The van der Waals surface area contributed by atoms with Gasteiger partial charge in [-0.2, -0.15) is 0 Å². The lowest BCUT2D eigenvalue weighted by Crippen LogP contribution is -2.31. The SMILES string of the molecule is CC(C)=CCNC1CC(=O)N(C)C1. The van der Waals surface area contributed by atoms with Gasteiger partial charge >= 0.3 is 0 Å². The Morgan fingerprint density at radius 3 is 2.85 bits per heavy atom. The van der Waals surface area contributed by atoms with Crippen LogP contribution in [0.2, 0.25) is 0 Å². The molecule has 3 heteroatoms. The van der Waals surface area contributed by atoms with Gasteiger partial charge in [0.1, 0.15) is 0 Å². The number of likely N-dealkylation sites (N-methyl/N-ethyl adjacent to an activating group) is 1. The highest BCUT2D eigenvalue weighted by molar-refractivity contribution is 5.78. The monoisotopic (exact) mass is 182 g/mol. The van der Waals surface area contributed by atoms with Crippen LogP contribution in [0.3, 0.4) is 0 Å². The molecule has 1 fully saturated rings. The van der Waals surface area contributed by atoms with Crippen LogP contribution in [0.25, 0.3) is 0 Å². The first-order valence-corrected chi connectivity index (χ1v) is 4.70. The van der Waals surface area contributed by atoms with Gasteiger partial charge in [0.05, 0.1) is 0 Å². The summed E-state index contributed by atoms with van der Waals surface area (Å²) in [6.45, 7) is 5.87. The van der Waals surface area contributed by atoms with Gasteiger partial charge in [-0.05, 0) is 13.8 Å². The second kappa shape index (κ2) is 4.42. The Labute approximate surface area is 79.8 Å². The minimum Gasteiger partial charge on any atom is -0.344 e. The maximum atomic E-state index is 11.2. The molecule has 1 saturated heterocycles. The second-order valence-corrected chi connectivity index (χ2v) is 3.87. The highest BCUT2D eigenvalue weighted by Crippen LogP contribution is 2.07. The lowest BCUT2D eigenvalue weighted by Gasteiger charge is -2.10. The summed E-state index contributed by atoms with van der Waals surface area (Å²) in [5, 5.41) is 3.33. The number of carbonyl (C=O) groups is 1. The molecule has 0 radical (unpaired) electrons. The van der Waals surface area contributed by atoms with Gasteiger partial charge in [-0.25, -0.2) is 0 Å². The molecule has 1 amide bonds. The van der Waals surface area contributed by atoms with Crippen LogP contribution < -0.4 is 5.32 Å². The smallest absolute Gasteiger partial charge is 0.224 e. The van der Waals surface area contributed by atoms with Crippen molar-refractivity contribution in [2.45, 2.75) is 26.3 Å². The quantitative estimate of drug-likeness (QED) is 0.654. The van der Waals surface area contributed by atoms with E-state index in [9.17, 15) is 4.79 Å². The Kier molecular flexibility index (Phi) is 3.48. The predicted octanol–water partition coefficient (Wildman–Crippen LogP) is 0.773. The zero-order valence-corrected chi connectivity index (χ0v) is 8.63. The fourth-order valence-corrected chi connectivity index (χ4v) is 1.43. The average Bonchev–Trinajstić information content (AvgIpc) is 2.30. The molecule has 1 rings (SSSR count). The van der Waals surface area contributed by atoms with Crippen molar-refractivity contribution in [3.05, 3.63) is 11.6 Å². The lowest BCUT2D eigenvalue weighted by atomic mass is 10.2. The molecule has 0 spiro atoms. The van der Waals surface area contributed by atoms with E-state index < -0.39 is 0 Å². The minimum atomic E-state index is 0.245. The van der Waals surface area contributed by atoms with Crippen molar-refractivity contribution in [2.75, 3.05) is 20.1 Å². The zero-order valence-electron chi connectivity index (χ0n) is 8.63. The van der Waals surface area contributed by atoms with Gasteiger partial charge < -0.3 is 10.2 Å². The topological polar surface area (TPSA) is 32.3 Å². The number of likely N-dealkylation sites (tertiary alicyclic amines) is 1. The highest BCUT2D eigenvalue weighted by atomic mass is 16.2. The van der Waals surface area contributed by atoms with Crippen LogP contribution in [0.5, 0.6) is 0 Å².